The number of rotatable bonds is 1. The summed E-state index contributed by atoms with van der Waals surface area (Å²) in [7, 11) is 0. The molecule has 94 valence electrons. The molecule has 0 saturated carbocycles. The highest BCUT2D eigenvalue weighted by Gasteiger charge is 2.26. The van der Waals surface area contributed by atoms with Crippen LogP contribution in [0.15, 0.2) is 24.3 Å². The second kappa shape index (κ2) is 4.21. The van der Waals surface area contributed by atoms with Crippen LogP contribution in [0, 0.1) is 6.92 Å². The molecule has 3 rings (SSSR count). The fourth-order valence-corrected chi connectivity index (χ4v) is 2.73. The van der Waals surface area contributed by atoms with Gasteiger partial charge in [-0.25, -0.2) is 0 Å². The predicted octanol–water partition coefficient (Wildman–Crippen LogP) is 2.09. The molecule has 1 aromatic heterocycles. The van der Waals surface area contributed by atoms with E-state index in [0.29, 0.717) is 5.92 Å². The first kappa shape index (κ1) is 11.4. The minimum Gasteiger partial charge on any atom is -0.326 e. The summed E-state index contributed by atoms with van der Waals surface area (Å²) < 4.78 is 2.17. The van der Waals surface area contributed by atoms with E-state index < -0.39 is 0 Å². The summed E-state index contributed by atoms with van der Waals surface area (Å²) in [5.74, 6) is 2.39. The van der Waals surface area contributed by atoms with Gasteiger partial charge in [0.2, 0.25) is 0 Å². The first-order valence-electron chi connectivity index (χ1n) is 6.41. The fraction of sp³-hybridized carbons (Fsp3) is 0.429. The topological polar surface area (TPSA) is 56.7 Å². The lowest BCUT2D eigenvalue weighted by atomic mass is 9.97. The lowest BCUT2D eigenvalue weighted by Crippen LogP contribution is -2.33. The average Bonchev–Trinajstić information content (AvgIpc) is 2.72. The first-order valence-corrected chi connectivity index (χ1v) is 6.41. The Labute approximate surface area is 107 Å². The molecule has 1 aromatic carbocycles. The molecular weight excluding hydrogens is 224 g/mol. The number of benzene rings is 1. The normalized spacial score (nSPS) is 22.8. The quantitative estimate of drug-likeness (QED) is 0.833. The number of nitrogens with zero attached hydrogens (tertiary/aromatic N) is 3. The largest absolute Gasteiger partial charge is 0.326 e. The van der Waals surface area contributed by atoms with Crippen molar-refractivity contribution < 1.29 is 0 Å². The maximum absolute atomic E-state index is 6.10. The van der Waals surface area contributed by atoms with Crippen molar-refractivity contribution in [2.24, 2.45) is 5.73 Å². The summed E-state index contributed by atoms with van der Waals surface area (Å²) in [5.41, 5.74) is 8.45. The number of hydrogen-bond donors (Lipinski definition) is 1. The van der Waals surface area contributed by atoms with E-state index in [2.05, 4.69) is 52.9 Å². The van der Waals surface area contributed by atoms with Crippen LogP contribution < -0.4 is 5.73 Å². The van der Waals surface area contributed by atoms with Crippen molar-refractivity contribution in [3.05, 3.63) is 35.7 Å². The summed E-state index contributed by atoms with van der Waals surface area (Å²) in [6, 6.07) is 8.56. The molecule has 2 N–H and O–H groups in total. The van der Waals surface area contributed by atoms with E-state index in [1.54, 1.807) is 0 Å². The first-order chi connectivity index (χ1) is 8.65. The van der Waals surface area contributed by atoms with Gasteiger partial charge in [0.15, 0.2) is 5.82 Å². The van der Waals surface area contributed by atoms with Crippen molar-refractivity contribution in [3.63, 3.8) is 0 Å². The highest BCUT2D eigenvalue weighted by Crippen LogP contribution is 2.29. The minimum atomic E-state index is 0.201. The van der Waals surface area contributed by atoms with E-state index in [4.69, 9.17) is 5.73 Å². The van der Waals surface area contributed by atoms with Crippen LogP contribution in [-0.2, 0) is 6.54 Å². The van der Waals surface area contributed by atoms with Crippen molar-refractivity contribution >= 4 is 0 Å². The van der Waals surface area contributed by atoms with Crippen LogP contribution in [0.3, 0.4) is 0 Å². The Morgan fingerprint density at radius 2 is 2.17 bits per heavy atom. The predicted molar refractivity (Wildman–Crippen MR) is 71.2 cm³/mol. The van der Waals surface area contributed by atoms with Gasteiger partial charge in [0, 0.05) is 24.1 Å². The Morgan fingerprint density at radius 1 is 1.33 bits per heavy atom. The Hall–Kier alpha value is -1.68. The van der Waals surface area contributed by atoms with Crippen molar-refractivity contribution in [1.82, 2.24) is 14.8 Å². The molecule has 0 saturated heterocycles. The third-order valence-electron chi connectivity index (χ3n) is 3.57. The molecule has 2 unspecified atom stereocenters. The molecule has 2 heterocycles. The molecular formula is C14H18N4. The molecule has 0 radical (unpaired) electrons. The van der Waals surface area contributed by atoms with Crippen LogP contribution in [0.5, 0.6) is 0 Å². The maximum Gasteiger partial charge on any atom is 0.164 e. The van der Waals surface area contributed by atoms with Crippen LogP contribution in [0.1, 0.15) is 30.7 Å². The highest BCUT2D eigenvalue weighted by atomic mass is 15.3. The number of aryl methyl sites for hydroxylation is 1. The SMILES string of the molecule is Cc1cccc(-c2nnc3n2CC(N)CC3C)c1. The molecule has 18 heavy (non-hydrogen) atoms. The van der Waals surface area contributed by atoms with Crippen LogP contribution in [0.2, 0.25) is 0 Å². The van der Waals surface area contributed by atoms with Crippen LogP contribution in [0.25, 0.3) is 11.4 Å². The van der Waals surface area contributed by atoms with Gasteiger partial charge in [-0.3, -0.25) is 0 Å². The van der Waals surface area contributed by atoms with Gasteiger partial charge < -0.3 is 10.3 Å². The second-order valence-electron chi connectivity index (χ2n) is 5.26. The van der Waals surface area contributed by atoms with Crippen LogP contribution in [0.4, 0.5) is 0 Å². The number of fused-ring (bicyclic) bond motifs is 1. The van der Waals surface area contributed by atoms with Crippen LogP contribution in [-0.4, -0.2) is 20.8 Å². The lowest BCUT2D eigenvalue weighted by Gasteiger charge is -2.25. The summed E-state index contributed by atoms with van der Waals surface area (Å²) in [5, 5.41) is 8.69. The molecule has 0 bridgehead atoms. The second-order valence-corrected chi connectivity index (χ2v) is 5.26. The summed E-state index contributed by atoms with van der Waals surface area (Å²) in [6.07, 6.45) is 0.992. The van der Waals surface area contributed by atoms with E-state index >= 15 is 0 Å². The molecule has 0 spiro atoms. The van der Waals surface area contributed by atoms with Gasteiger partial charge in [-0.05, 0) is 19.4 Å². The Kier molecular flexibility index (Phi) is 2.67. The number of hydrogen-bond acceptors (Lipinski definition) is 3. The van der Waals surface area contributed by atoms with Gasteiger partial charge in [-0.2, -0.15) is 0 Å². The van der Waals surface area contributed by atoms with Crippen molar-refractivity contribution in [1.29, 1.82) is 0 Å². The lowest BCUT2D eigenvalue weighted by molar-refractivity contribution is 0.409. The summed E-state index contributed by atoms with van der Waals surface area (Å²) >= 11 is 0. The molecule has 2 aromatic rings. The third kappa shape index (κ3) is 1.82. The molecule has 0 fully saturated rings. The van der Waals surface area contributed by atoms with Crippen molar-refractivity contribution in [2.45, 2.75) is 38.8 Å². The maximum atomic E-state index is 6.10. The molecule has 0 amide bonds. The number of aromatic nitrogens is 3. The monoisotopic (exact) mass is 242 g/mol. The zero-order valence-electron chi connectivity index (χ0n) is 10.8. The molecule has 4 nitrogen and oxygen atoms in total. The van der Waals surface area contributed by atoms with E-state index in [1.807, 2.05) is 0 Å². The van der Waals surface area contributed by atoms with Gasteiger partial charge in [0.1, 0.15) is 5.82 Å². The minimum absolute atomic E-state index is 0.201. The fourth-order valence-electron chi connectivity index (χ4n) is 2.73. The highest BCUT2D eigenvalue weighted by molar-refractivity contribution is 5.56. The zero-order valence-corrected chi connectivity index (χ0v) is 10.8. The summed E-state index contributed by atoms with van der Waals surface area (Å²) in [4.78, 5) is 0. The zero-order chi connectivity index (χ0) is 12.7. The number of nitrogens with two attached hydrogens (primary N) is 1. The van der Waals surface area contributed by atoms with Gasteiger partial charge in [-0.15, -0.1) is 10.2 Å². The van der Waals surface area contributed by atoms with E-state index in [1.165, 1.54) is 5.56 Å². The van der Waals surface area contributed by atoms with Gasteiger partial charge in [0.25, 0.3) is 0 Å². The van der Waals surface area contributed by atoms with Gasteiger partial charge >= 0.3 is 0 Å². The third-order valence-corrected chi connectivity index (χ3v) is 3.57. The van der Waals surface area contributed by atoms with Gasteiger partial charge in [-0.1, -0.05) is 30.7 Å². The molecule has 1 aliphatic rings. The molecule has 4 heteroatoms. The Morgan fingerprint density at radius 3 is 2.94 bits per heavy atom. The Bertz CT molecular complexity index is 573. The smallest absolute Gasteiger partial charge is 0.164 e. The van der Waals surface area contributed by atoms with E-state index in [-0.39, 0.29) is 6.04 Å². The standard InChI is InChI=1S/C14H18N4/c1-9-4-3-5-11(6-9)14-17-16-13-10(2)7-12(15)8-18(13)14/h3-6,10,12H,7-8,15H2,1-2H3. The molecule has 0 aliphatic carbocycles. The molecule has 1 aliphatic heterocycles. The van der Waals surface area contributed by atoms with Crippen LogP contribution >= 0.6 is 0 Å². The Balaban J connectivity index is 2.09. The van der Waals surface area contributed by atoms with Gasteiger partial charge in [0.05, 0.1) is 0 Å². The van der Waals surface area contributed by atoms with Crippen molar-refractivity contribution in [3.8, 4) is 11.4 Å². The molecule has 2 atom stereocenters. The summed E-state index contributed by atoms with van der Waals surface area (Å²) in [6.45, 7) is 5.07. The average molecular weight is 242 g/mol. The van der Waals surface area contributed by atoms with E-state index in [9.17, 15) is 0 Å². The van der Waals surface area contributed by atoms with E-state index in [0.717, 1.165) is 30.2 Å². The van der Waals surface area contributed by atoms with Crippen molar-refractivity contribution in [2.75, 3.05) is 0 Å².